The Morgan fingerprint density at radius 1 is 1.33 bits per heavy atom. The van der Waals surface area contributed by atoms with E-state index < -0.39 is 9.84 Å². The van der Waals surface area contributed by atoms with E-state index in [2.05, 4.69) is 21.2 Å². The molecule has 1 aliphatic rings. The number of nitrogens with one attached hydrogen (secondary N) is 1. The van der Waals surface area contributed by atoms with Gasteiger partial charge in [0.05, 0.1) is 11.5 Å². The minimum Gasteiger partial charge on any atom is -0.310 e. The first kappa shape index (κ1) is 14.0. The van der Waals surface area contributed by atoms with Gasteiger partial charge in [-0.15, -0.1) is 0 Å². The molecule has 3 nitrogen and oxygen atoms in total. The van der Waals surface area contributed by atoms with Gasteiger partial charge in [0.25, 0.3) is 0 Å². The number of sulfone groups is 1. The molecule has 1 aromatic carbocycles. The van der Waals surface area contributed by atoms with E-state index in [1.807, 2.05) is 0 Å². The third kappa shape index (κ3) is 3.76. The molecule has 0 radical (unpaired) electrons. The summed E-state index contributed by atoms with van der Waals surface area (Å²) in [6.45, 7) is 0.617. The number of hydrogen-bond acceptors (Lipinski definition) is 3. The first-order valence-electron chi connectivity index (χ1n) is 5.84. The number of hydrogen-bond donors (Lipinski definition) is 1. The highest BCUT2D eigenvalue weighted by Gasteiger charge is 2.23. The van der Waals surface area contributed by atoms with Crippen molar-refractivity contribution in [1.82, 2.24) is 5.32 Å². The van der Waals surface area contributed by atoms with Gasteiger partial charge in [-0.1, -0.05) is 22.0 Å². The van der Waals surface area contributed by atoms with Crippen LogP contribution in [0.5, 0.6) is 0 Å². The van der Waals surface area contributed by atoms with E-state index in [9.17, 15) is 12.8 Å². The topological polar surface area (TPSA) is 46.2 Å². The summed E-state index contributed by atoms with van der Waals surface area (Å²) in [5.74, 6) is 0.249. The van der Waals surface area contributed by atoms with Crippen LogP contribution in [0.15, 0.2) is 22.7 Å². The molecular formula is C12H15BrFNO2S. The molecule has 0 spiro atoms. The van der Waals surface area contributed by atoms with Crippen molar-refractivity contribution in [2.45, 2.75) is 25.4 Å². The van der Waals surface area contributed by atoms with Crippen LogP contribution in [0, 0.1) is 5.82 Å². The molecule has 1 saturated heterocycles. The Hall–Kier alpha value is -0.460. The van der Waals surface area contributed by atoms with Gasteiger partial charge in [-0.25, -0.2) is 12.8 Å². The maximum atomic E-state index is 12.9. The Kier molecular flexibility index (Phi) is 4.40. The largest absolute Gasteiger partial charge is 0.310 e. The Morgan fingerprint density at radius 2 is 2.00 bits per heavy atom. The fourth-order valence-corrected chi connectivity index (χ4v) is 4.00. The predicted molar refractivity (Wildman–Crippen MR) is 72.6 cm³/mol. The first-order chi connectivity index (χ1) is 8.46. The highest BCUT2D eigenvalue weighted by atomic mass is 79.9. The molecule has 1 heterocycles. The minimum absolute atomic E-state index is 0.227. The van der Waals surface area contributed by atoms with Crippen LogP contribution < -0.4 is 5.32 Å². The zero-order valence-electron chi connectivity index (χ0n) is 9.83. The summed E-state index contributed by atoms with van der Waals surface area (Å²) in [7, 11) is -2.81. The summed E-state index contributed by atoms with van der Waals surface area (Å²) in [4.78, 5) is 0. The zero-order chi connectivity index (χ0) is 13.2. The molecule has 0 unspecified atom stereocenters. The van der Waals surface area contributed by atoms with Crippen LogP contribution >= 0.6 is 15.9 Å². The molecular weight excluding hydrogens is 321 g/mol. The van der Waals surface area contributed by atoms with Crippen molar-refractivity contribution < 1.29 is 12.8 Å². The van der Waals surface area contributed by atoms with Crippen molar-refractivity contribution in [3.05, 3.63) is 34.1 Å². The summed E-state index contributed by atoms with van der Waals surface area (Å²) in [5.41, 5.74) is 0.977. The third-order valence-electron chi connectivity index (χ3n) is 3.15. The number of benzene rings is 1. The van der Waals surface area contributed by atoms with Crippen LogP contribution in [-0.2, 0) is 16.4 Å². The first-order valence-corrected chi connectivity index (χ1v) is 8.45. The normalized spacial score (nSPS) is 19.9. The molecule has 0 amide bonds. The second-order valence-electron chi connectivity index (χ2n) is 4.54. The number of rotatable bonds is 3. The Balaban J connectivity index is 1.89. The Bertz CT molecular complexity index is 519. The van der Waals surface area contributed by atoms with E-state index >= 15 is 0 Å². The molecule has 0 aromatic heterocycles. The van der Waals surface area contributed by atoms with E-state index in [0.717, 1.165) is 10.0 Å². The zero-order valence-corrected chi connectivity index (χ0v) is 12.2. The fourth-order valence-electron chi connectivity index (χ4n) is 2.01. The van der Waals surface area contributed by atoms with Crippen LogP contribution in [0.1, 0.15) is 18.4 Å². The molecule has 1 aliphatic heterocycles. The quantitative estimate of drug-likeness (QED) is 0.921. The molecule has 1 N–H and O–H groups in total. The molecule has 0 saturated carbocycles. The van der Waals surface area contributed by atoms with Crippen molar-refractivity contribution in [3.8, 4) is 0 Å². The lowest BCUT2D eigenvalue weighted by Crippen LogP contribution is -2.37. The highest BCUT2D eigenvalue weighted by Crippen LogP contribution is 2.19. The van der Waals surface area contributed by atoms with Crippen molar-refractivity contribution in [2.24, 2.45) is 0 Å². The summed E-state index contributed by atoms with van der Waals surface area (Å²) < 4.78 is 36.2. The molecule has 0 bridgehead atoms. The standard InChI is InChI=1S/C12H15BrFNO2S/c13-12-7-10(14)2-1-9(12)8-15-11-3-5-18(16,17)6-4-11/h1-2,7,11,15H,3-6,8H2. The highest BCUT2D eigenvalue weighted by molar-refractivity contribution is 9.10. The maximum absolute atomic E-state index is 12.9. The van der Waals surface area contributed by atoms with Crippen molar-refractivity contribution in [2.75, 3.05) is 11.5 Å². The van der Waals surface area contributed by atoms with Gasteiger partial charge in [0, 0.05) is 17.1 Å². The smallest absolute Gasteiger partial charge is 0.150 e. The summed E-state index contributed by atoms with van der Waals surface area (Å²) in [6.07, 6.45) is 1.31. The number of halogens is 2. The maximum Gasteiger partial charge on any atom is 0.150 e. The van der Waals surface area contributed by atoms with Gasteiger partial charge in [0.1, 0.15) is 15.7 Å². The van der Waals surface area contributed by atoms with Crippen molar-refractivity contribution >= 4 is 25.8 Å². The molecule has 1 fully saturated rings. The minimum atomic E-state index is -2.81. The lowest BCUT2D eigenvalue weighted by molar-refractivity contribution is 0.462. The summed E-state index contributed by atoms with van der Waals surface area (Å²) in [5, 5.41) is 3.32. The predicted octanol–water partition coefficient (Wildman–Crippen LogP) is 2.25. The van der Waals surface area contributed by atoms with Crippen molar-refractivity contribution in [1.29, 1.82) is 0 Å². The van der Waals surface area contributed by atoms with E-state index in [4.69, 9.17) is 0 Å². The van der Waals surface area contributed by atoms with Crippen LogP contribution in [0.4, 0.5) is 4.39 Å². The lowest BCUT2D eigenvalue weighted by atomic mass is 10.1. The average molecular weight is 336 g/mol. The van der Waals surface area contributed by atoms with Gasteiger partial charge in [-0.3, -0.25) is 0 Å². The molecule has 0 aliphatic carbocycles. The van der Waals surface area contributed by atoms with Crippen LogP contribution in [0.3, 0.4) is 0 Å². The van der Waals surface area contributed by atoms with Crippen LogP contribution in [-0.4, -0.2) is 26.0 Å². The molecule has 18 heavy (non-hydrogen) atoms. The monoisotopic (exact) mass is 335 g/mol. The van der Waals surface area contributed by atoms with E-state index in [-0.39, 0.29) is 23.4 Å². The SMILES string of the molecule is O=S1(=O)CCC(NCc2ccc(F)cc2Br)CC1. The Labute approximate surface area is 115 Å². The summed E-state index contributed by atoms with van der Waals surface area (Å²) >= 11 is 3.31. The Morgan fingerprint density at radius 3 is 2.61 bits per heavy atom. The van der Waals surface area contributed by atoms with E-state index in [1.165, 1.54) is 12.1 Å². The van der Waals surface area contributed by atoms with E-state index in [1.54, 1.807) is 6.07 Å². The second-order valence-corrected chi connectivity index (χ2v) is 7.70. The fraction of sp³-hybridized carbons (Fsp3) is 0.500. The molecule has 100 valence electrons. The van der Waals surface area contributed by atoms with Crippen molar-refractivity contribution in [3.63, 3.8) is 0 Å². The second kappa shape index (κ2) is 5.67. The van der Waals surface area contributed by atoms with E-state index in [0.29, 0.717) is 19.4 Å². The molecule has 6 heteroatoms. The van der Waals surface area contributed by atoms with Gasteiger partial charge >= 0.3 is 0 Å². The molecule has 2 rings (SSSR count). The van der Waals surface area contributed by atoms with Gasteiger partial charge in [0.15, 0.2) is 0 Å². The summed E-state index contributed by atoms with van der Waals surface area (Å²) in [6, 6.07) is 4.81. The van der Waals surface area contributed by atoms with Gasteiger partial charge in [0.2, 0.25) is 0 Å². The molecule has 1 aromatic rings. The van der Waals surface area contributed by atoms with Crippen LogP contribution in [0.25, 0.3) is 0 Å². The van der Waals surface area contributed by atoms with Gasteiger partial charge in [-0.2, -0.15) is 0 Å². The van der Waals surface area contributed by atoms with Gasteiger partial charge in [-0.05, 0) is 30.5 Å². The third-order valence-corrected chi connectivity index (χ3v) is 5.60. The van der Waals surface area contributed by atoms with Crippen LogP contribution in [0.2, 0.25) is 0 Å². The van der Waals surface area contributed by atoms with Gasteiger partial charge < -0.3 is 5.32 Å². The lowest BCUT2D eigenvalue weighted by Gasteiger charge is -2.23. The molecule has 0 atom stereocenters. The average Bonchev–Trinajstić information content (AvgIpc) is 2.29.